The van der Waals surface area contributed by atoms with Crippen molar-refractivity contribution < 1.29 is 0 Å². The molecular formula is C17H10Br2Cl2N6. The Morgan fingerprint density at radius 2 is 1.67 bits per heavy atom. The Balaban J connectivity index is 1.65. The van der Waals surface area contributed by atoms with Crippen molar-refractivity contribution in [2.45, 2.75) is 6.54 Å². The van der Waals surface area contributed by atoms with Crippen LogP contribution in [0.25, 0.3) is 17.1 Å². The number of benzene rings is 2. The Morgan fingerprint density at radius 1 is 0.963 bits per heavy atom. The fourth-order valence-corrected chi connectivity index (χ4v) is 3.87. The molecule has 4 rings (SSSR count). The maximum absolute atomic E-state index is 6.28. The van der Waals surface area contributed by atoms with E-state index in [9.17, 15) is 0 Å². The number of para-hydroxylation sites is 1. The van der Waals surface area contributed by atoms with Gasteiger partial charge in [0.15, 0.2) is 0 Å². The van der Waals surface area contributed by atoms with Crippen LogP contribution in [0.5, 0.6) is 0 Å². The first-order chi connectivity index (χ1) is 13.0. The summed E-state index contributed by atoms with van der Waals surface area (Å²) >= 11 is 19.5. The van der Waals surface area contributed by atoms with Crippen molar-refractivity contribution in [3.05, 3.63) is 73.3 Å². The SMILES string of the molecule is Clc1cccc(Cl)c1-n1ncc(-c2nnn(Cc3ccc(Br)cc3)n2)c1Br. The van der Waals surface area contributed by atoms with Crippen LogP contribution in [0.4, 0.5) is 0 Å². The zero-order valence-electron chi connectivity index (χ0n) is 13.5. The smallest absolute Gasteiger partial charge is 0.209 e. The molecule has 0 spiro atoms. The Hall–Kier alpha value is -1.74. The molecule has 0 atom stereocenters. The van der Waals surface area contributed by atoms with E-state index in [4.69, 9.17) is 23.2 Å². The molecule has 2 heterocycles. The predicted octanol–water partition coefficient (Wildman–Crippen LogP) is 5.41. The van der Waals surface area contributed by atoms with Gasteiger partial charge in [0, 0.05) is 4.47 Å². The van der Waals surface area contributed by atoms with E-state index >= 15 is 0 Å². The van der Waals surface area contributed by atoms with Gasteiger partial charge in [-0.05, 0) is 51.0 Å². The van der Waals surface area contributed by atoms with Crippen LogP contribution in [0, 0.1) is 0 Å². The largest absolute Gasteiger partial charge is 0.223 e. The average molecular weight is 529 g/mol. The van der Waals surface area contributed by atoms with Crippen LogP contribution >= 0.6 is 55.1 Å². The lowest BCUT2D eigenvalue weighted by Gasteiger charge is -2.08. The quantitative estimate of drug-likeness (QED) is 0.355. The van der Waals surface area contributed by atoms with Crippen LogP contribution in [0.2, 0.25) is 10.0 Å². The molecule has 0 aliphatic rings. The molecule has 0 fully saturated rings. The van der Waals surface area contributed by atoms with Crippen molar-refractivity contribution in [2.75, 3.05) is 0 Å². The molecule has 0 N–H and O–H groups in total. The van der Waals surface area contributed by atoms with Crippen molar-refractivity contribution in [1.82, 2.24) is 30.0 Å². The van der Waals surface area contributed by atoms with E-state index in [1.807, 2.05) is 24.3 Å². The lowest BCUT2D eigenvalue weighted by atomic mass is 10.2. The number of rotatable bonds is 4. The standard InChI is InChI=1S/C17H10Br2Cl2N6/c18-11-6-4-10(5-7-11)9-26-24-17(23-25-26)12-8-22-27(16(12)19)15-13(20)2-1-3-14(15)21/h1-8H,9H2. The minimum absolute atomic E-state index is 0.452. The van der Waals surface area contributed by atoms with Crippen LogP contribution in [0.15, 0.2) is 57.7 Å². The molecule has 27 heavy (non-hydrogen) atoms. The van der Waals surface area contributed by atoms with Gasteiger partial charge in [0.05, 0.1) is 28.4 Å². The van der Waals surface area contributed by atoms with Gasteiger partial charge < -0.3 is 0 Å². The molecule has 6 nitrogen and oxygen atoms in total. The third-order valence-electron chi connectivity index (χ3n) is 3.79. The van der Waals surface area contributed by atoms with E-state index in [0.29, 0.717) is 38.3 Å². The van der Waals surface area contributed by atoms with Crippen molar-refractivity contribution in [2.24, 2.45) is 0 Å². The van der Waals surface area contributed by atoms with Crippen molar-refractivity contribution >= 4 is 55.1 Å². The highest BCUT2D eigenvalue weighted by atomic mass is 79.9. The van der Waals surface area contributed by atoms with Gasteiger partial charge in [-0.3, -0.25) is 0 Å². The van der Waals surface area contributed by atoms with E-state index in [-0.39, 0.29) is 0 Å². The van der Waals surface area contributed by atoms with Crippen molar-refractivity contribution in [3.63, 3.8) is 0 Å². The highest BCUT2D eigenvalue weighted by Gasteiger charge is 2.19. The first-order valence-electron chi connectivity index (χ1n) is 7.73. The monoisotopic (exact) mass is 526 g/mol. The maximum atomic E-state index is 6.28. The molecule has 0 radical (unpaired) electrons. The van der Waals surface area contributed by atoms with Gasteiger partial charge in [0.1, 0.15) is 10.3 Å². The summed E-state index contributed by atoms with van der Waals surface area (Å²) < 4.78 is 3.27. The number of tetrazole rings is 1. The molecule has 0 saturated carbocycles. The van der Waals surface area contributed by atoms with Crippen LogP contribution in [-0.4, -0.2) is 30.0 Å². The van der Waals surface area contributed by atoms with Crippen molar-refractivity contribution in [1.29, 1.82) is 0 Å². The molecule has 0 aliphatic carbocycles. The summed E-state index contributed by atoms with van der Waals surface area (Å²) in [5.74, 6) is 0.452. The van der Waals surface area contributed by atoms with E-state index < -0.39 is 0 Å². The second-order valence-electron chi connectivity index (χ2n) is 5.60. The summed E-state index contributed by atoms with van der Waals surface area (Å²) in [5, 5.41) is 18.0. The van der Waals surface area contributed by atoms with Gasteiger partial charge in [-0.2, -0.15) is 9.90 Å². The normalized spacial score (nSPS) is 11.1. The highest BCUT2D eigenvalue weighted by molar-refractivity contribution is 9.10. The van der Waals surface area contributed by atoms with Gasteiger partial charge in [-0.15, -0.1) is 10.2 Å². The minimum Gasteiger partial charge on any atom is -0.223 e. The molecule has 0 saturated heterocycles. The summed E-state index contributed by atoms with van der Waals surface area (Å²) in [4.78, 5) is 1.53. The van der Waals surface area contributed by atoms with Crippen molar-refractivity contribution in [3.8, 4) is 17.1 Å². The summed E-state index contributed by atoms with van der Waals surface area (Å²) in [5.41, 5.74) is 2.34. The zero-order chi connectivity index (χ0) is 19.0. The van der Waals surface area contributed by atoms with Gasteiger partial charge in [-0.25, -0.2) is 4.68 Å². The number of halogens is 4. The van der Waals surface area contributed by atoms with Crippen LogP contribution in [-0.2, 0) is 6.54 Å². The fraction of sp³-hybridized carbons (Fsp3) is 0.0588. The lowest BCUT2D eigenvalue weighted by Crippen LogP contribution is -2.03. The number of aromatic nitrogens is 6. The lowest BCUT2D eigenvalue weighted by molar-refractivity contribution is 0.573. The highest BCUT2D eigenvalue weighted by Crippen LogP contribution is 2.34. The average Bonchev–Trinajstić information content (AvgIpc) is 3.24. The Labute approximate surface area is 181 Å². The topological polar surface area (TPSA) is 61.4 Å². The second kappa shape index (κ2) is 7.71. The van der Waals surface area contributed by atoms with Gasteiger partial charge in [-0.1, -0.05) is 57.3 Å². The number of hydrogen-bond donors (Lipinski definition) is 0. The second-order valence-corrected chi connectivity index (χ2v) is 8.08. The summed E-state index contributed by atoms with van der Waals surface area (Å²) in [6, 6.07) is 13.2. The third kappa shape index (κ3) is 3.80. The molecule has 136 valence electrons. The Kier molecular flexibility index (Phi) is 5.32. The summed E-state index contributed by atoms with van der Waals surface area (Å²) in [6.45, 7) is 0.516. The first kappa shape index (κ1) is 18.6. The third-order valence-corrected chi connectivity index (χ3v) is 5.69. The van der Waals surface area contributed by atoms with Crippen LogP contribution in [0.1, 0.15) is 5.56 Å². The first-order valence-corrected chi connectivity index (χ1v) is 10.1. The Bertz CT molecular complexity index is 1090. The summed E-state index contributed by atoms with van der Waals surface area (Å²) in [7, 11) is 0. The van der Waals surface area contributed by atoms with Crippen LogP contribution < -0.4 is 0 Å². The van der Waals surface area contributed by atoms with E-state index in [0.717, 1.165) is 10.0 Å². The molecule has 0 unspecified atom stereocenters. The minimum atomic E-state index is 0.452. The summed E-state index contributed by atoms with van der Waals surface area (Å²) in [6.07, 6.45) is 1.64. The molecule has 0 aliphatic heterocycles. The van der Waals surface area contributed by atoms with Gasteiger partial charge in [0.2, 0.25) is 5.82 Å². The molecule has 0 bridgehead atoms. The molecule has 2 aromatic heterocycles. The maximum Gasteiger partial charge on any atom is 0.209 e. The van der Waals surface area contributed by atoms with Gasteiger partial charge in [0.25, 0.3) is 0 Å². The van der Waals surface area contributed by atoms with E-state index in [2.05, 4.69) is 52.4 Å². The molecular weight excluding hydrogens is 519 g/mol. The molecule has 2 aromatic carbocycles. The van der Waals surface area contributed by atoms with E-state index in [1.165, 1.54) is 4.80 Å². The molecule has 0 amide bonds. The number of hydrogen-bond acceptors (Lipinski definition) is 4. The van der Waals surface area contributed by atoms with Gasteiger partial charge >= 0.3 is 0 Å². The fourth-order valence-electron chi connectivity index (χ4n) is 2.50. The van der Waals surface area contributed by atoms with E-state index in [1.54, 1.807) is 29.1 Å². The Morgan fingerprint density at radius 3 is 2.37 bits per heavy atom. The molecule has 10 heteroatoms. The van der Waals surface area contributed by atoms with Crippen LogP contribution in [0.3, 0.4) is 0 Å². The zero-order valence-corrected chi connectivity index (χ0v) is 18.2. The molecule has 4 aromatic rings. The number of nitrogens with zero attached hydrogens (tertiary/aromatic N) is 6. The predicted molar refractivity (Wildman–Crippen MR) is 111 cm³/mol.